The predicted octanol–water partition coefficient (Wildman–Crippen LogP) is 3.85. The summed E-state index contributed by atoms with van der Waals surface area (Å²) in [7, 11) is 0. The van der Waals surface area contributed by atoms with E-state index in [1.165, 1.54) is 4.90 Å². The fourth-order valence-electron chi connectivity index (χ4n) is 5.55. The van der Waals surface area contributed by atoms with Crippen LogP contribution < -0.4 is 4.90 Å². The first-order valence-electron chi connectivity index (χ1n) is 11.8. The third-order valence-electron chi connectivity index (χ3n) is 7.25. The fraction of sp³-hybridized carbons (Fsp3) is 0.458. The smallest absolute Gasteiger partial charge is 0.410 e. The molecular formula is C24H24ClF2N7O2. The van der Waals surface area contributed by atoms with Crippen molar-refractivity contribution in [1.82, 2.24) is 29.6 Å². The molecule has 3 aromatic rings. The zero-order valence-electron chi connectivity index (χ0n) is 19.4. The number of ether oxygens (including phenoxy) is 1. The molecule has 1 aliphatic carbocycles. The lowest BCUT2D eigenvalue weighted by Crippen LogP contribution is -2.62. The molecule has 1 spiro atoms. The first kappa shape index (κ1) is 23.1. The highest BCUT2D eigenvalue weighted by Gasteiger charge is 2.54. The molecule has 0 N–H and O–H groups in total. The molecule has 12 heteroatoms. The minimum absolute atomic E-state index is 0.0989. The largest absolute Gasteiger partial charge is 0.440 e. The van der Waals surface area contributed by atoms with Crippen molar-refractivity contribution in [3.8, 4) is 5.69 Å². The van der Waals surface area contributed by atoms with Gasteiger partial charge in [0.2, 0.25) is 0 Å². The molecule has 36 heavy (non-hydrogen) atoms. The molecule has 3 aliphatic rings. The molecule has 9 nitrogen and oxygen atoms in total. The van der Waals surface area contributed by atoms with E-state index in [-0.39, 0.29) is 24.4 Å². The average Bonchev–Trinajstić information content (AvgIpc) is 3.16. The molecule has 0 bridgehead atoms. The first-order valence-corrected chi connectivity index (χ1v) is 12.2. The van der Waals surface area contributed by atoms with Crippen LogP contribution >= 0.6 is 11.6 Å². The molecule has 0 unspecified atom stereocenters. The Morgan fingerprint density at radius 1 is 1.17 bits per heavy atom. The Hall–Kier alpha value is -3.34. The van der Waals surface area contributed by atoms with E-state index in [9.17, 15) is 13.6 Å². The number of nitrogens with zero attached hydrogens (tertiary/aromatic N) is 7. The summed E-state index contributed by atoms with van der Waals surface area (Å²) in [5.74, 6) is 2.52. The van der Waals surface area contributed by atoms with Crippen LogP contribution in [0.2, 0.25) is 5.02 Å². The summed E-state index contributed by atoms with van der Waals surface area (Å²) in [5.41, 5.74) is 1.85. The van der Waals surface area contributed by atoms with E-state index in [1.807, 2.05) is 10.6 Å². The fourth-order valence-corrected chi connectivity index (χ4v) is 5.74. The Balaban J connectivity index is 1.24. The van der Waals surface area contributed by atoms with Crippen molar-refractivity contribution in [3.05, 3.63) is 59.0 Å². The number of fused-ring (bicyclic) bond motifs is 3. The molecule has 2 aliphatic heterocycles. The minimum atomic E-state index is -1.43. The Morgan fingerprint density at radius 3 is 2.69 bits per heavy atom. The van der Waals surface area contributed by atoms with Crippen LogP contribution in [-0.2, 0) is 17.8 Å². The molecule has 1 aromatic carbocycles. The number of hydrogen-bond acceptors (Lipinski definition) is 7. The van der Waals surface area contributed by atoms with Gasteiger partial charge in [-0.25, -0.2) is 18.6 Å². The summed E-state index contributed by atoms with van der Waals surface area (Å²) in [6.45, 7) is -0.0437. The van der Waals surface area contributed by atoms with Crippen LogP contribution in [-0.4, -0.2) is 68.3 Å². The monoisotopic (exact) mass is 515 g/mol. The Morgan fingerprint density at radius 2 is 1.97 bits per heavy atom. The van der Waals surface area contributed by atoms with Gasteiger partial charge in [-0.3, -0.25) is 14.5 Å². The van der Waals surface area contributed by atoms with Gasteiger partial charge in [-0.1, -0.05) is 11.6 Å². The maximum absolute atomic E-state index is 13.0. The van der Waals surface area contributed by atoms with Crippen molar-refractivity contribution in [2.75, 3.05) is 31.3 Å². The first-order chi connectivity index (χ1) is 17.5. The van der Waals surface area contributed by atoms with Crippen molar-refractivity contribution >= 4 is 23.5 Å². The van der Waals surface area contributed by atoms with E-state index in [0.29, 0.717) is 10.8 Å². The third kappa shape index (κ3) is 3.95. The molecule has 4 heterocycles. The number of alkyl halides is 2. The summed E-state index contributed by atoms with van der Waals surface area (Å²) in [6, 6.07) is 5.46. The van der Waals surface area contributed by atoms with Gasteiger partial charge in [0.1, 0.15) is 25.0 Å². The van der Waals surface area contributed by atoms with Crippen molar-refractivity contribution < 1.29 is 18.3 Å². The van der Waals surface area contributed by atoms with E-state index in [2.05, 4.69) is 25.1 Å². The average molecular weight is 516 g/mol. The standard InChI is InChI=1S/C24H24ClF2N7O2/c25-17-1-2-19-15(5-17)11-32(23(35)36-18(8-26)9-27)12-21-30-31-22(34(19)21)16-6-24(7-16)13-33(14-24)20-10-28-3-4-29-20/h1-5,10,16,18H,6-9,11-14H2. The number of benzene rings is 1. The van der Waals surface area contributed by atoms with Crippen molar-refractivity contribution in [1.29, 1.82) is 0 Å². The lowest BCUT2D eigenvalue weighted by molar-refractivity contribution is 0.0354. The van der Waals surface area contributed by atoms with Gasteiger partial charge in [-0.2, -0.15) is 0 Å². The number of rotatable bonds is 5. The topological polar surface area (TPSA) is 89.3 Å². The lowest BCUT2D eigenvalue weighted by Gasteiger charge is -2.59. The van der Waals surface area contributed by atoms with Crippen LogP contribution in [0.3, 0.4) is 0 Å². The van der Waals surface area contributed by atoms with Gasteiger partial charge in [-0.05, 0) is 36.6 Å². The number of carbonyl (C=O) groups is 1. The molecular weight excluding hydrogens is 492 g/mol. The zero-order chi connectivity index (χ0) is 24.9. The highest BCUT2D eigenvalue weighted by molar-refractivity contribution is 6.30. The molecule has 2 fully saturated rings. The van der Waals surface area contributed by atoms with Gasteiger partial charge in [0.05, 0.1) is 25.0 Å². The van der Waals surface area contributed by atoms with Gasteiger partial charge in [-0.15, -0.1) is 10.2 Å². The zero-order valence-corrected chi connectivity index (χ0v) is 20.1. The van der Waals surface area contributed by atoms with Crippen LogP contribution in [0.15, 0.2) is 36.8 Å². The van der Waals surface area contributed by atoms with Gasteiger partial charge < -0.3 is 9.64 Å². The Bertz CT molecular complexity index is 1270. The van der Waals surface area contributed by atoms with E-state index >= 15 is 0 Å². The maximum atomic E-state index is 13.0. The number of amides is 1. The number of hydrogen-bond donors (Lipinski definition) is 0. The predicted molar refractivity (Wildman–Crippen MR) is 126 cm³/mol. The van der Waals surface area contributed by atoms with Crippen molar-refractivity contribution in [2.24, 2.45) is 5.41 Å². The van der Waals surface area contributed by atoms with Crippen molar-refractivity contribution in [3.63, 3.8) is 0 Å². The van der Waals surface area contributed by atoms with Crippen molar-refractivity contribution in [2.45, 2.75) is 38.0 Å². The summed E-state index contributed by atoms with van der Waals surface area (Å²) in [5, 5.41) is 9.44. The Labute approximate surface area is 211 Å². The van der Waals surface area contributed by atoms with Gasteiger partial charge in [0, 0.05) is 41.8 Å². The number of carbonyl (C=O) groups excluding carboxylic acids is 1. The second kappa shape index (κ2) is 8.95. The van der Waals surface area contributed by atoms with Crippen LogP contribution in [0.5, 0.6) is 0 Å². The molecule has 1 saturated carbocycles. The quantitative estimate of drug-likeness (QED) is 0.510. The second-order valence-corrected chi connectivity index (χ2v) is 10.2. The summed E-state index contributed by atoms with van der Waals surface area (Å²) in [4.78, 5) is 24.9. The molecule has 0 radical (unpaired) electrons. The highest BCUT2D eigenvalue weighted by atomic mass is 35.5. The molecule has 2 aromatic heterocycles. The summed E-state index contributed by atoms with van der Waals surface area (Å²) in [6.07, 6.45) is 4.87. The van der Waals surface area contributed by atoms with E-state index < -0.39 is 25.5 Å². The van der Waals surface area contributed by atoms with Crippen LogP contribution in [0.4, 0.5) is 19.4 Å². The highest BCUT2D eigenvalue weighted by Crippen LogP contribution is 2.56. The van der Waals surface area contributed by atoms with Gasteiger partial charge in [0.25, 0.3) is 0 Å². The number of anilines is 1. The summed E-state index contributed by atoms with van der Waals surface area (Å²) >= 11 is 6.27. The van der Waals surface area contributed by atoms with E-state index in [0.717, 1.165) is 48.8 Å². The molecule has 1 saturated heterocycles. The van der Waals surface area contributed by atoms with Gasteiger partial charge in [0.15, 0.2) is 11.9 Å². The minimum Gasteiger partial charge on any atom is -0.440 e. The summed E-state index contributed by atoms with van der Waals surface area (Å²) < 4.78 is 32.9. The molecule has 6 rings (SSSR count). The SMILES string of the molecule is O=C(OC(CF)CF)N1Cc2cc(Cl)ccc2-n2c(nnc2C2CC3(C2)CN(c2cnccn2)C3)C1. The maximum Gasteiger partial charge on any atom is 0.410 e. The Kier molecular flexibility index (Phi) is 5.74. The van der Waals surface area contributed by atoms with Crippen LogP contribution in [0, 0.1) is 5.41 Å². The third-order valence-corrected chi connectivity index (χ3v) is 7.49. The number of aromatic nitrogens is 5. The molecule has 0 atom stereocenters. The van der Waals surface area contributed by atoms with E-state index in [1.54, 1.807) is 30.7 Å². The normalized spacial score (nSPS) is 18.3. The van der Waals surface area contributed by atoms with Crippen LogP contribution in [0.1, 0.15) is 36.0 Å². The van der Waals surface area contributed by atoms with Gasteiger partial charge >= 0.3 is 6.09 Å². The molecule has 1 amide bonds. The second-order valence-electron chi connectivity index (χ2n) is 9.78. The molecule has 188 valence electrons. The van der Waals surface area contributed by atoms with E-state index in [4.69, 9.17) is 16.3 Å². The lowest BCUT2D eigenvalue weighted by atomic mass is 9.57. The number of halogens is 3. The van der Waals surface area contributed by atoms with Crippen LogP contribution in [0.25, 0.3) is 5.69 Å².